The van der Waals surface area contributed by atoms with Crippen molar-refractivity contribution >= 4 is 17.5 Å². The Bertz CT molecular complexity index is 853. The van der Waals surface area contributed by atoms with Gasteiger partial charge < -0.3 is 15.1 Å². The SMILES string of the molecule is Cc1ccn2c(C(=O)N3CCNC[C@@H]3C(=O)N3CCCC3)c(C)nc2c1. The topological polar surface area (TPSA) is 70.0 Å². The van der Waals surface area contributed by atoms with Gasteiger partial charge in [-0.05, 0) is 44.4 Å². The van der Waals surface area contributed by atoms with Crippen molar-refractivity contribution in [1.82, 2.24) is 24.5 Å². The second kappa shape index (κ2) is 6.72. The van der Waals surface area contributed by atoms with Gasteiger partial charge in [-0.3, -0.25) is 14.0 Å². The minimum atomic E-state index is -0.440. The lowest BCUT2D eigenvalue weighted by atomic mass is 10.1. The number of aryl methyl sites for hydroxylation is 2. The van der Waals surface area contributed by atoms with Crippen molar-refractivity contribution in [3.05, 3.63) is 35.3 Å². The van der Waals surface area contributed by atoms with Gasteiger partial charge in [-0.2, -0.15) is 0 Å². The molecule has 2 amide bonds. The molecular weight excluding hydrogens is 330 g/mol. The highest BCUT2D eigenvalue weighted by molar-refractivity contribution is 5.98. The summed E-state index contributed by atoms with van der Waals surface area (Å²) in [5.74, 6) is -0.0525. The molecule has 4 heterocycles. The van der Waals surface area contributed by atoms with Crippen LogP contribution >= 0.6 is 0 Å². The lowest BCUT2D eigenvalue weighted by molar-refractivity contribution is -0.135. The molecule has 138 valence electrons. The molecule has 7 nitrogen and oxygen atoms in total. The first-order valence-corrected chi connectivity index (χ1v) is 9.32. The van der Waals surface area contributed by atoms with Crippen molar-refractivity contribution in [1.29, 1.82) is 0 Å². The summed E-state index contributed by atoms with van der Waals surface area (Å²) in [5.41, 5.74) is 3.13. The largest absolute Gasteiger partial charge is 0.341 e. The van der Waals surface area contributed by atoms with E-state index in [1.54, 1.807) is 4.90 Å². The molecule has 0 bridgehead atoms. The van der Waals surface area contributed by atoms with E-state index in [2.05, 4.69) is 10.3 Å². The first kappa shape index (κ1) is 17.0. The number of carbonyl (C=O) groups is 2. The van der Waals surface area contributed by atoms with E-state index in [0.29, 0.717) is 31.0 Å². The number of likely N-dealkylation sites (tertiary alicyclic amines) is 1. The average molecular weight is 355 g/mol. The number of nitrogens with zero attached hydrogens (tertiary/aromatic N) is 4. The van der Waals surface area contributed by atoms with Gasteiger partial charge in [0.05, 0.1) is 5.69 Å². The van der Waals surface area contributed by atoms with E-state index in [9.17, 15) is 9.59 Å². The number of imidazole rings is 1. The van der Waals surface area contributed by atoms with E-state index in [4.69, 9.17) is 0 Å². The predicted molar refractivity (Wildman–Crippen MR) is 98.2 cm³/mol. The van der Waals surface area contributed by atoms with E-state index in [1.165, 1.54) is 0 Å². The van der Waals surface area contributed by atoms with Gasteiger partial charge in [0.25, 0.3) is 5.91 Å². The zero-order valence-electron chi connectivity index (χ0n) is 15.4. The van der Waals surface area contributed by atoms with Crippen LogP contribution in [0.1, 0.15) is 34.6 Å². The molecule has 2 aliphatic heterocycles. The highest BCUT2D eigenvalue weighted by Crippen LogP contribution is 2.20. The monoisotopic (exact) mass is 355 g/mol. The third kappa shape index (κ3) is 2.86. The molecule has 2 saturated heterocycles. The van der Waals surface area contributed by atoms with Gasteiger partial charge in [-0.1, -0.05) is 0 Å². The van der Waals surface area contributed by atoms with Gasteiger partial charge in [0, 0.05) is 38.9 Å². The number of aromatic nitrogens is 2. The molecule has 0 radical (unpaired) electrons. The molecule has 0 aromatic carbocycles. The Morgan fingerprint density at radius 2 is 1.96 bits per heavy atom. The lowest BCUT2D eigenvalue weighted by Crippen LogP contribution is -2.60. The van der Waals surface area contributed by atoms with Crippen molar-refractivity contribution < 1.29 is 9.59 Å². The van der Waals surface area contributed by atoms with Gasteiger partial charge in [0.15, 0.2) is 0 Å². The van der Waals surface area contributed by atoms with E-state index in [0.717, 1.165) is 37.1 Å². The molecule has 2 aliphatic rings. The quantitative estimate of drug-likeness (QED) is 0.872. The van der Waals surface area contributed by atoms with Crippen LogP contribution in [0.25, 0.3) is 5.65 Å². The summed E-state index contributed by atoms with van der Waals surface area (Å²) in [6.07, 6.45) is 3.98. The molecule has 4 rings (SSSR count). The fourth-order valence-corrected chi connectivity index (χ4v) is 3.97. The highest BCUT2D eigenvalue weighted by Gasteiger charge is 2.37. The van der Waals surface area contributed by atoms with Crippen LogP contribution in [0.4, 0.5) is 0 Å². The molecule has 0 saturated carbocycles. The van der Waals surface area contributed by atoms with E-state index in [-0.39, 0.29) is 11.8 Å². The van der Waals surface area contributed by atoms with Crippen LogP contribution in [-0.2, 0) is 4.79 Å². The minimum absolute atomic E-state index is 0.0605. The van der Waals surface area contributed by atoms with Crippen molar-refractivity contribution in [3.63, 3.8) is 0 Å². The second-order valence-corrected chi connectivity index (χ2v) is 7.23. The normalized spacial score (nSPS) is 20.8. The number of amides is 2. The van der Waals surface area contributed by atoms with Crippen molar-refractivity contribution in [2.45, 2.75) is 32.7 Å². The Hall–Kier alpha value is -2.41. The molecule has 1 atom stereocenters. The standard InChI is InChI=1S/C19H25N5O2/c1-13-5-9-24-16(11-13)21-14(2)17(24)19(26)23-10-6-20-12-15(23)18(25)22-7-3-4-8-22/h5,9,11,15,20H,3-4,6-8,10,12H2,1-2H3/t15-/m1/s1. The maximum Gasteiger partial charge on any atom is 0.273 e. The van der Waals surface area contributed by atoms with E-state index in [1.807, 2.05) is 41.5 Å². The Labute approximate surface area is 153 Å². The molecule has 26 heavy (non-hydrogen) atoms. The summed E-state index contributed by atoms with van der Waals surface area (Å²) in [6.45, 7) is 7.19. The minimum Gasteiger partial charge on any atom is -0.341 e. The summed E-state index contributed by atoms with van der Waals surface area (Å²) in [4.78, 5) is 34.5. The average Bonchev–Trinajstić information content (AvgIpc) is 3.27. The van der Waals surface area contributed by atoms with Gasteiger partial charge in [-0.25, -0.2) is 4.98 Å². The summed E-state index contributed by atoms with van der Waals surface area (Å²) in [5, 5.41) is 3.26. The molecule has 2 aromatic rings. The molecule has 0 unspecified atom stereocenters. The predicted octanol–water partition coefficient (Wildman–Crippen LogP) is 0.988. The summed E-state index contributed by atoms with van der Waals surface area (Å²) < 4.78 is 1.84. The maximum absolute atomic E-state index is 13.4. The molecular formula is C19H25N5O2. The first-order chi connectivity index (χ1) is 12.6. The van der Waals surface area contributed by atoms with Crippen LogP contribution in [-0.4, -0.2) is 69.8 Å². The maximum atomic E-state index is 13.4. The zero-order valence-corrected chi connectivity index (χ0v) is 15.4. The molecule has 2 fully saturated rings. The van der Waals surface area contributed by atoms with Gasteiger partial charge in [-0.15, -0.1) is 0 Å². The number of piperazine rings is 1. The van der Waals surface area contributed by atoms with Crippen molar-refractivity contribution in [3.8, 4) is 0 Å². The van der Waals surface area contributed by atoms with Crippen LogP contribution in [0.15, 0.2) is 18.3 Å². The fraction of sp³-hybridized carbons (Fsp3) is 0.526. The third-order valence-electron chi connectivity index (χ3n) is 5.37. The molecule has 7 heteroatoms. The Morgan fingerprint density at radius 1 is 1.19 bits per heavy atom. The summed E-state index contributed by atoms with van der Waals surface area (Å²) in [7, 11) is 0. The number of fused-ring (bicyclic) bond motifs is 1. The van der Waals surface area contributed by atoms with Gasteiger partial charge in [0.2, 0.25) is 5.91 Å². The molecule has 2 aromatic heterocycles. The first-order valence-electron chi connectivity index (χ1n) is 9.32. The Balaban J connectivity index is 1.67. The van der Waals surface area contributed by atoms with Crippen LogP contribution < -0.4 is 5.32 Å². The molecule has 0 aliphatic carbocycles. The molecule has 1 N–H and O–H groups in total. The van der Waals surface area contributed by atoms with Gasteiger partial charge in [0.1, 0.15) is 17.4 Å². The fourth-order valence-electron chi connectivity index (χ4n) is 3.97. The smallest absolute Gasteiger partial charge is 0.273 e. The number of carbonyl (C=O) groups excluding carboxylic acids is 2. The number of nitrogens with one attached hydrogen (secondary N) is 1. The third-order valence-corrected chi connectivity index (χ3v) is 5.37. The van der Waals surface area contributed by atoms with Crippen LogP contribution in [0.3, 0.4) is 0 Å². The summed E-state index contributed by atoms with van der Waals surface area (Å²) in [6, 6.07) is 3.49. The second-order valence-electron chi connectivity index (χ2n) is 7.23. The van der Waals surface area contributed by atoms with E-state index >= 15 is 0 Å². The van der Waals surface area contributed by atoms with Crippen LogP contribution in [0.5, 0.6) is 0 Å². The number of hydrogen-bond donors (Lipinski definition) is 1. The van der Waals surface area contributed by atoms with E-state index < -0.39 is 6.04 Å². The summed E-state index contributed by atoms with van der Waals surface area (Å²) >= 11 is 0. The van der Waals surface area contributed by atoms with Crippen LogP contribution in [0, 0.1) is 13.8 Å². The van der Waals surface area contributed by atoms with Crippen molar-refractivity contribution in [2.24, 2.45) is 0 Å². The number of hydrogen-bond acceptors (Lipinski definition) is 4. The van der Waals surface area contributed by atoms with Crippen molar-refractivity contribution in [2.75, 3.05) is 32.7 Å². The van der Waals surface area contributed by atoms with Gasteiger partial charge >= 0.3 is 0 Å². The highest BCUT2D eigenvalue weighted by atomic mass is 16.2. The molecule has 0 spiro atoms. The number of pyridine rings is 1. The Morgan fingerprint density at radius 3 is 2.73 bits per heavy atom. The lowest BCUT2D eigenvalue weighted by Gasteiger charge is -2.37. The zero-order chi connectivity index (χ0) is 18.3. The number of rotatable bonds is 2. The van der Waals surface area contributed by atoms with Crippen LogP contribution in [0.2, 0.25) is 0 Å². The Kier molecular flexibility index (Phi) is 4.40.